The van der Waals surface area contributed by atoms with Gasteiger partial charge < -0.3 is 19.1 Å². The standard InChI is InChI=1S/C11H20N4O5/c1-12-8-9(14(6-19-3)10(12)16)15(7-20-4)11(17)13(8)5-18-2/h8-9H,5-7H2,1-4H3. The molecule has 0 N–H and O–H groups in total. The monoisotopic (exact) mass is 288 g/mol. The van der Waals surface area contributed by atoms with Gasteiger partial charge in [-0.2, -0.15) is 0 Å². The zero-order chi connectivity index (χ0) is 14.9. The van der Waals surface area contributed by atoms with Crippen LogP contribution in [0, 0.1) is 0 Å². The van der Waals surface area contributed by atoms with Crippen LogP contribution in [0.1, 0.15) is 0 Å². The molecule has 0 aromatic rings. The number of nitrogens with zero attached hydrogens (tertiary/aromatic N) is 4. The first-order valence-corrected chi connectivity index (χ1v) is 6.16. The van der Waals surface area contributed by atoms with E-state index in [1.54, 1.807) is 7.05 Å². The summed E-state index contributed by atoms with van der Waals surface area (Å²) in [6, 6.07) is -0.430. The van der Waals surface area contributed by atoms with E-state index >= 15 is 0 Å². The van der Waals surface area contributed by atoms with Crippen LogP contribution in [0.3, 0.4) is 0 Å². The Morgan fingerprint density at radius 1 is 0.800 bits per heavy atom. The van der Waals surface area contributed by atoms with Crippen molar-refractivity contribution in [3.05, 3.63) is 0 Å². The molecular formula is C11H20N4O5. The van der Waals surface area contributed by atoms with Gasteiger partial charge in [-0.15, -0.1) is 0 Å². The molecule has 2 aliphatic rings. The number of carbonyl (C=O) groups excluding carboxylic acids is 2. The molecule has 0 aromatic heterocycles. The maximum atomic E-state index is 12.4. The van der Waals surface area contributed by atoms with Crippen molar-refractivity contribution >= 4 is 12.1 Å². The van der Waals surface area contributed by atoms with Gasteiger partial charge in [0, 0.05) is 28.4 Å². The van der Waals surface area contributed by atoms with E-state index in [0.717, 1.165) is 0 Å². The van der Waals surface area contributed by atoms with E-state index in [9.17, 15) is 9.59 Å². The van der Waals surface area contributed by atoms with Crippen LogP contribution >= 0.6 is 0 Å². The Labute approximate surface area is 117 Å². The third-order valence-electron chi connectivity index (χ3n) is 3.46. The maximum Gasteiger partial charge on any atom is 0.327 e. The normalized spacial score (nSPS) is 26.0. The molecule has 2 aliphatic heterocycles. The molecule has 0 bridgehead atoms. The lowest BCUT2D eigenvalue weighted by molar-refractivity contribution is -0.00400. The first kappa shape index (κ1) is 14.8. The van der Waals surface area contributed by atoms with Crippen LogP contribution in [-0.2, 0) is 14.2 Å². The molecule has 0 aromatic carbocycles. The number of likely N-dealkylation sites (N-methyl/N-ethyl adjacent to an activating group) is 1. The second kappa shape index (κ2) is 5.81. The first-order chi connectivity index (χ1) is 9.58. The van der Waals surface area contributed by atoms with Gasteiger partial charge in [0.25, 0.3) is 0 Å². The number of ether oxygens (including phenoxy) is 3. The van der Waals surface area contributed by atoms with E-state index in [1.807, 2.05) is 0 Å². The van der Waals surface area contributed by atoms with E-state index < -0.39 is 12.3 Å². The van der Waals surface area contributed by atoms with Crippen molar-refractivity contribution in [3.63, 3.8) is 0 Å². The van der Waals surface area contributed by atoms with Crippen molar-refractivity contribution in [1.29, 1.82) is 0 Å². The van der Waals surface area contributed by atoms with Gasteiger partial charge in [-0.3, -0.25) is 14.7 Å². The van der Waals surface area contributed by atoms with E-state index in [4.69, 9.17) is 14.2 Å². The molecular weight excluding hydrogens is 268 g/mol. The van der Waals surface area contributed by atoms with Gasteiger partial charge >= 0.3 is 12.1 Å². The molecule has 114 valence electrons. The second-order valence-corrected chi connectivity index (χ2v) is 4.67. The number of methoxy groups -OCH3 is 3. The minimum Gasteiger partial charge on any atom is -0.364 e. The molecule has 2 unspecified atom stereocenters. The van der Waals surface area contributed by atoms with E-state index in [1.165, 1.54) is 40.9 Å². The molecule has 20 heavy (non-hydrogen) atoms. The predicted molar refractivity (Wildman–Crippen MR) is 67.3 cm³/mol. The largest absolute Gasteiger partial charge is 0.364 e. The number of fused-ring (bicyclic) bond motifs is 1. The fourth-order valence-electron chi connectivity index (χ4n) is 2.69. The SMILES string of the molecule is COCN1C(=O)N(COC)C2C1N(C)C(=O)N2COC. The highest BCUT2D eigenvalue weighted by Gasteiger charge is 2.58. The van der Waals surface area contributed by atoms with Crippen molar-refractivity contribution in [1.82, 2.24) is 19.6 Å². The lowest BCUT2D eigenvalue weighted by Crippen LogP contribution is -2.47. The molecule has 9 nitrogen and oxygen atoms in total. The Balaban J connectivity index is 2.33. The zero-order valence-corrected chi connectivity index (χ0v) is 12.1. The number of rotatable bonds is 6. The van der Waals surface area contributed by atoms with Gasteiger partial charge in [-0.05, 0) is 0 Å². The minimum absolute atomic E-state index is 0.0988. The molecule has 2 atom stereocenters. The summed E-state index contributed by atoms with van der Waals surface area (Å²) in [6.45, 7) is 0.318. The zero-order valence-electron chi connectivity index (χ0n) is 12.1. The molecule has 0 radical (unpaired) electrons. The van der Waals surface area contributed by atoms with Crippen LogP contribution in [0.2, 0.25) is 0 Å². The molecule has 0 spiro atoms. The number of carbonyl (C=O) groups is 2. The highest BCUT2D eigenvalue weighted by Crippen LogP contribution is 2.33. The fourth-order valence-corrected chi connectivity index (χ4v) is 2.69. The Hall–Kier alpha value is -1.58. The highest BCUT2D eigenvalue weighted by molar-refractivity contribution is 5.84. The van der Waals surface area contributed by atoms with Gasteiger partial charge in [0.05, 0.1) is 0 Å². The second-order valence-electron chi connectivity index (χ2n) is 4.67. The summed E-state index contributed by atoms with van der Waals surface area (Å²) in [4.78, 5) is 30.6. The lowest BCUT2D eigenvalue weighted by atomic mass is 10.3. The van der Waals surface area contributed by atoms with E-state index in [0.29, 0.717) is 0 Å². The molecule has 9 heteroatoms. The Morgan fingerprint density at radius 2 is 1.20 bits per heavy atom. The number of urea groups is 2. The van der Waals surface area contributed by atoms with E-state index in [2.05, 4.69) is 0 Å². The Morgan fingerprint density at radius 3 is 1.65 bits per heavy atom. The molecule has 2 saturated heterocycles. The van der Waals surface area contributed by atoms with Crippen LogP contribution in [0.4, 0.5) is 9.59 Å². The highest BCUT2D eigenvalue weighted by atomic mass is 16.5. The molecule has 0 saturated carbocycles. The predicted octanol–water partition coefficient (Wildman–Crippen LogP) is -0.445. The van der Waals surface area contributed by atoms with Crippen molar-refractivity contribution in [2.24, 2.45) is 0 Å². The Kier molecular flexibility index (Phi) is 4.31. The third kappa shape index (κ3) is 2.07. The summed E-state index contributed by atoms with van der Waals surface area (Å²) < 4.78 is 15.2. The van der Waals surface area contributed by atoms with Crippen molar-refractivity contribution in [2.75, 3.05) is 48.6 Å². The van der Waals surface area contributed by atoms with E-state index in [-0.39, 0.29) is 32.3 Å². The van der Waals surface area contributed by atoms with Crippen molar-refractivity contribution in [3.8, 4) is 0 Å². The lowest BCUT2D eigenvalue weighted by Gasteiger charge is -2.28. The van der Waals surface area contributed by atoms with Crippen LogP contribution in [0.15, 0.2) is 0 Å². The first-order valence-electron chi connectivity index (χ1n) is 6.16. The van der Waals surface area contributed by atoms with Crippen molar-refractivity contribution in [2.45, 2.75) is 12.3 Å². The minimum atomic E-state index is -0.449. The summed E-state index contributed by atoms with van der Waals surface area (Å²) in [7, 11) is 6.17. The van der Waals surface area contributed by atoms with Crippen LogP contribution in [-0.4, -0.2) is 92.6 Å². The summed E-state index contributed by atoms with van der Waals surface area (Å²) in [5.41, 5.74) is 0. The van der Waals surface area contributed by atoms with Gasteiger partial charge in [-0.1, -0.05) is 0 Å². The fraction of sp³-hybridized carbons (Fsp3) is 0.818. The summed E-state index contributed by atoms with van der Waals surface area (Å²) >= 11 is 0. The molecule has 2 fully saturated rings. The maximum absolute atomic E-state index is 12.4. The summed E-state index contributed by atoms with van der Waals surface area (Å²) in [5.74, 6) is 0. The number of hydrogen-bond acceptors (Lipinski definition) is 5. The Bertz CT molecular complexity index is 389. The quantitative estimate of drug-likeness (QED) is 0.662. The van der Waals surface area contributed by atoms with Crippen molar-refractivity contribution < 1.29 is 23.8 Å². The van der Waals surface area contributed by atoms with Crippen LogP contribution < -0.4 is 0 Å². The summed E-state index contributed by atoms with van der Waals surface area (Å²) in [6.07, 6.45) is -0.865. The topological polar surface area (TPSA) is 74.8 Å². The molecule has 0 aliphatic carbocycles. The van der Waals surface area contributed by atoms with Gasteiger partial charge in [0.1, 0.15) is 20.2 Å². The molecule has 2 heterocycles. The van der Waals surface area contributed by atoms with Crippen LogP contribution in [0.5, 0.6) is 0 Å². The van der Waals surface area contributed by atoms with Gasteiger partial charge in [0.15, 0.2) is 12.3 Å². The average Bonchev–Trinajstić information content (AvgIpc) is 2.82. The van der Waals surface area contributed by atoms with Crippen LogP contribution in [0.25, 0.3) is 0 Å². The number of amides is 4. The third-order valence-corrected chi connectivity index (χ3v) is 3.46. The van der Waals surface area contributed by atoms with Gasteiger partial charge in [-0.25, -0.2) is 9.59 Å². The summed E-state index contributed by atoms with van der Waals surface area (Å²) in [5, 5.41) is 0. The smallest absolute Gasteiger partial charge is 0.327 e. The molecule has 2 rings (SSSR count). The number of hydrogen-bond donors (Lipinski definition) is 0. The average molecular weight is 288 g/mol. The molecule has 4 amide bonds. The van der Waals surface area contributed by atoms with Gasteiger partial charge in [0.2, 0.25) is 0 Å².